The first-order valence-corrected chi connectivity index (χ1v) is 10.0. The number of nitrogens with one attached hydrogen (secondary N) is 1. The number of fused-ring (bicyclic) bond motifs is 2. The summed E-state index contributed by atoms with van der Waals surface area (Å²) >= 11 is 1.43. The zero-order chi connectivity index (χ0) is 20.2. The highest BCUT2D eigenvalue weighted by atomic mass is 32.2. The Morgan fingerprint density at radius 1 is 1.10 bits per heavy atom. The van der Waals surface area contributed by atoms with Crippen molar-refractivity contribution in [2.75, 3.05) is 23.4 Å². The second-order valence-corrected chi connectivity index (χ2v) is 7.35. The smallest absolute Gasteiger partial charge is 0.259 e. The van der Waals surface area contributed by atoms with E-state index in [1.165, 1.54) is 16.7 Å². The molecular formula is C22H19N3O3S. The molecule has 7 heteroatoms. The van der Waals surface area contributed by atoms with Gasteiger partial charge in [-0.05, 0) is 55.5 Å². The Kier molecular flexibility index (Phi) is 5.48. The highest BCUT2D eigenvalue weighted by Gasteiger charge is 2.29. The standard InChI is InChI=1S/C22H19N3O3S/c1-2-28-16-11-9-15(10-12-16)24-20(26)14-25-18-7-5-13-23-21(18)29-19-8-4-3-6-17(19)22(25)27/h3-13H,2,14H2,1H3,(H,24,26). The number of hydrogen-bond donors (Lipinski definition) is 1. The van der Waals surface area contributed by atoms with Gasteiger partial charge in [0.15, 0.2) is 0 Å². The first-order chi connectivity index (χ1) is 14.2. The van der Waals surface area contributed by atoms with Gasteiger partial charge in [0.05, 0.1) is 17.9 Å². The highest BCUT2D eigenvalue weighted by Crippen LogP contribution is 2.39. The summed E-state index contributed by atoms with van der Waals surface area (Å²) in [6, 6.07) is 18.1. The number of aromatic nitrogens is 1. The van der Waals surface area contributed by atoms with Crippen LogP contribution in [0.4, 0.5) is 11.4 Å². The number of carbonyl (C=O) groups is 2. The second-order valence-electron chi connectivity index (χ2n) is 6.32. The molecule has 0 spiro atoms. The van der Waals surface area contributed by atoms with E-state index in [-0.39, 0.29) is 18.4 Å². The average Bonchev–Trinajstić information content (AvgIpc) is 2.85. The van der Waals surface area contributed by atoms with E-state index >= 15 is 0 Å². The van der Waals surface area contributed by atoms with Crippen molar-refractivity contribution in [2.24, 2.45) is 0 Å². The predicted molar refractivity (Wildman–Crippen MR) is 113 cm³/mol. The number of ether oxygens (including phenoxy) is 1. The van der Waals surface area contributed by atoms with Gasteiger partial charge in [0.1, 0.15) is 17.3 Å². The molecule has 0 unspecified atom stereocenters. The van der Waals surface area contributed by atoms with Crippen LogP contribution in [0.5, 0.6) is 5.75 Å². The van der Waals surface area contributed by atoms with E-state index in [2.05, 4.69) is 10.3 Å². The number of benzene rings is 2. The molecule has 0 saturated heterocycles. The van der Waals surface area contributed by atoms with Crippen LogP contribution < -0.4 is 15.0 Å². The summed E-state index contributed by atoms with van der Waals surface area (Å²) in [4.78, 5) is 32.6. The van der Waals surface area contributed by atoms with Gasteiger partial charge in [-0.1, -0.05) is 23.9 Å². The SMILES string of the molecule is CCOc1ccc(NC(=O)CN2C(=O)c3ccccc3Sc3ncccc32)cc1. The Labute approximate surface area is 172 Å². The molecular weight excluding hydrogens is 386 g/mol. The Morgan fingerprint density at radius 2 is 1.90 bits per heavy atom. The van der Waals surface area contributed by atoms with Gasteiger partial charge in [-0.2, -0.15) is 0 Å². The average molecular weight is 405 g/mol. The Bertz CT molecular complexity index is 1050. The summed E-state index contributed by atoms with van der Waals surface area (Å²) < 4.78 is 5.41. The minimum Gasteiger partial charge on any atom is -0.494 e. The third-order valence-corrected chi connectivity index (χ3v) is 5.45. The monoisotopic (exact) mass is 405 g/mol. The van der Waals surface area contributed by atoms with E-state index in [1.807, 2.05) is 31.2 Å². The summed E-state index contributed by atoms with van der Waals surface area (Å²) in [6.45, 7) is 2.38. The second kappa shape index (κ2) is 8.36. The van der Waals surface area contributed by atoms with Gasteiger partial charge in [0.25, 0.3) is 5.91 Å². The summed E-state index contributed by atoms with van der Waals surface area (Å²) in [5.41, 5.74) is 1.83. The van der Waals surface area contributed by atoms with E-state index in [9.17, 15) is 9.59 Å². The van der Waals surface area contributed by atoms with Crippen LogP contribution in [0.2, 0.25) is 0 Å². The minimum atomic E-state index is -0.290. The van der Waals surface area contributed by atoms with E-state index in [0.717, 1.165) is 10.6 Å². The van der Waals surface area contributed by atoms with Crippen molar-refractivity contribution in [3.63, 3.8) is 0 Å². The first kappa shape index (κ1) is 19.0. The van der Waals surface area contributed by atoms with Crippen molar-refractivity contribution in [3.8, 4) is 5.75 Å². The summed E-state index contributed by atoms with van der Waals surface area (Å²) in [7, 11) is 0. The molecule has 2 amide bonds. The molecule has 0 atom stereocenters. The van der Waals surface area contributed by atoms with Gasteiger partial charge >= 0.3 is 0 Å². The fourth-order valence-corrected chi connectivity index (χ4v) is 4.08. The van der Waals surface area contributed by atoms with Gasteiger partial charge in [-0.25, -0.2) is 4.98 Å². The van der Waals surface area contributed by atoms with E-state index < -0.39 is 0 Å². The molecule has 1 aliphatic heterocycles. The normalized spacial score (nSPS) is 12.6. The highest BCUT2D eigenvalue weighted by molar-refractivity contribution is 7.99. The molecule has 0 fully saturated rings. The molecule has 3 aromatic rings. The molecule has 4 rings (SSSR count). The number of rotatable bonds is 5. The van der Waals surface area contributed by atoms with Gasteiger partial charge in [-0.15, -0.1) is 0 Å². The van der Waals surface area contributed by atoms with Crippen molar-refractivity contribution >= 4 is 35.0 Å². The van der Waals surface area contributed by atoms with Crippen molar-refractivity contribution < 1.29 is 14.3 Å². The number of pyridine rings is 1. The number of carbonyl (C=O) groups excluding carboxylic acids is 2. The quantitative estimate of drug-likeness (QED) is 0.688. The molecule has 0 saturated carbocycles. The minimum absolute atomic E-state index is 0.111. The Hall–Kier alpha value is -3.32. The van der Waals surface area contributed by atoms with Crippen LogP contribution in [-0.2, 0) is 4.79 Å². The molecule has 1 aromatic heterocycles. The van der Waals surface area contributed by atoms with Crippen LogP contribution >= 0.6 is 11.8 Å². The largest absolute Gasteiger partial charge is 0.494 e. The lowest BCUT2D eigenvalue weighted by Crippen LogP contribution is -2.38. The zero-order valence-corrected chi connectivity index (χ0v) is 16.6. The van der Waals surface area contributed by atoms with Gasteiger partial charge in [0.2, 0.25) is 5.91 Å². The van der Waals surface area contributed by atoms with Crippen LogP contribution in [-0.4, -0.2) is 29.9 Å². The van der Waals surface area contributed by atoms with Crippen LogP contribution in [0.25, 0.3) is 0 Å². The molecule has 29 heavy (non-hydrogen) atoms. The third kappa shape index (κ3) is 4.09. The van der Waals surface area contributed by atoms with E-state index in [0.29, 0.717) is 28.6 Å². The molecule has 6 nitrogen and oxygen atoms in total. The first-order valence-electron chi connectivity index (χ1n) is 9.22. The number of hydrogen-bond acceptors (Lipinski definition) is 5. The lowest BCUT2D eigenvalue weighted by molar-refractivity contribution is -0.114. The van der Waals surface area contributed by atoms with Crippen LogP contribution in [0.15, 0.2) is 76.8 Å². The Morgan fingerprint density at radius 3 is 2.69 bits per heavy atom. The summed E-state index contributed by atoms with van der Waals surface area (Å²) in [6.07, 6.45) is 1.68. The third-order valence-electron chi connectivity index (χ3n) is 4.36. The Balaban J connectivity index is 1.58. The van der Waals surface area contributed by atoms with Gasteiger partial charge in [-0.3, -0.25) is 14.5 Å². The fraction of sp³-hybridized carbons (Fsp3) is 0.136. The molecule has 2 aromatic carbocycles. The van der Waals surface area contributed by atoms with E-state index in [4.69, 9.17) is 4.74 Å². The van der Waals surface area contributed by atoms with Crippen LogP contribution in [0, 0.1) is 0 Å². The van der Waals surface area contributed by atoms with Crippen LogP contribution in [0.1, 0.15) is 17.3 Å². The predicted octanol–water partition coefficient (Wildman–Crippen LogP) is 4.23. The maximum atomic E-state index is 13.2. The number of amides is 2. The molecule has 146 valence electrons. The molecule has 1 N–H and O–H groups in total. The van der Waals surface area contributed by atoms with Crippen molar-refractivity contribution in [2.45, 2.75) is 16.8 Å². The lowest BCUT2D eigenvalue weighted by atomic mass is 10.2. The fourth-order valence-electron chi connectivity index (χ4n) is 3.06. The van der Waals surface area contributed by atoms with Crippen molar-refractivity contribution in [3.05, 3.63) is 72.4 Å². The topological polar surface area (TPSA) is 71.5 Å². The molecule has 0 bridgehead atoms. The maximum absolute atomic E-state index is 13.2. The van der Waals surface area contributed by atoms with Gasteiger partial charge in [0, 0.05) is 16.8 Å². The van der Waals surface area contributed by atoms with E-state index in [1.54, 1.807) is 42.6 Å². The maximum Gasteiger partial charge on any atom is 0.259 e. The lowest BCUT2D eigenvalue weighted by Gasteiger charge is -2.22. The number of nitrogens with zero attached hydrogens (tertiary/aromatic N) is 2. The van der Waals surface area contributed by atoms with Crippen molar-refractivity contribution in [1.29, 1.82) is 0 Å². The summed E-state index contributed by atoms with van der Waals surface area (Å²) in [5.74, 6) is 0.227. The number of anilines is 2. The van der Waals surface area contributed by atoms with Crippen molar-refractivity contribution in [1.82, 2.24) is 4.98 Å². The zero-order valence-electron chi connectivity index (χ0n) is 15.8. The molecule has 1 aliphatic rings. The van der Waals surface area contributed by atoms with Gasteiger partial charge < -0.3 is 10.1 Å². The molecule has 0 radical (unpaired) electrons. The van der Waals surface area contributed by atoms with Crippen LogP contribution in [0.3, 0.4) is 0 Å². The molecule has 2 heterocycles. The molecule has 0 aliphatic carbocycles. The summed E-state index contributed by atoms with van der Waals surface area (Å²) in [5, 5.41) is 3.53.